The molecule has 0 amide bonds. The van der Waals surface area contributed by atoms with Crippen LogP contribution in [-0.2, 0) is 24.3 Å². The van der Waals surface area contributed by atoms with Crippen LogP contribution in [0.15, 0.2) is 71.8 Å². The van der Waals surface area contributed by atoms with Gasteiger partial charge < -0.3 is 4.74 Å². The van der Waals surface area contributed by atoms with E-state index in [0.717, 1.165) is 27.9 Å². The smallest absolute Gasteiger partial charge is 0.306 e. The Labute approximate surface area is 224 Å². The minimum absolute atomic E-state index is 0.0424. The van der Waals surface area contributed by atoms with Gasteiger partial charge in [-0.25, -0.2) is 8.42 Å². The number of hydrogen-bond acceptors (Lipinski definition) is 6. The maximum atomic E-state index is 13.8. The molecule has 1 saturated heterocycles. The Morgan fingerprint density at radius 1 is 1.00 bits per heavy atom. The number of hydrogen-bond donors (Lipinski definition) is 0. The van der Waals surface area contributed by atoms with Gasteiger partial charge in [-0.3, -0.25) is 14.6 Å². The largest absolute Gasteiger partial charge is 0.466 e. The monoisotopic (exact) mass is 534 g/mol. The zero-order valence-electron chi connectivity index (χ0n) is 22.3. The number of rotatable bonds is 8. The molecular formula is C30H34N2O5S. The summed E-state index contributed by atoms with van der Waals surface area (Å²) in [4.78, 5) is 30.5. The van der Waals surface area contributed by atoms with Crippen LogP contribution in [0.25, 0.3) is 11.3 Å². The third-order valence-corrected chi connectivity index (χ3v) is 9.04. The second kappa shape index (κ2) is 11.6. The SMILES string of the molecule is CCOC(=O)C[C@H]1CN(S(=O)(=O)c2ccc(C)cc2)C[C@H](c2ccc(C)cc2-c2ccccn2)[C@H]1C(C)=O. The fourth-order valence-electron chi connectivity index (χ4n) is 5.44. The second-order valence-corrected chi connectivity index (χ2v) is 11.9. The van der Waals surface area contributed by atoms with Crippen molar-refractivity contribution >= 4 is 21.8 Å². The third kappa shape index (κ3) is 5.87. The summed E-state index contributed by atoms with van der Waals surface area (Å²) in [5, 5.41) is 0. The number of carbonyl (C=O) groups is 2. The molecule has 0 saturated carbocycles. The highest BCUT2D eigenvalue weighted by molar-refractivity contribution is 7.89. The summed E-state index contributed by atoms with van der Waals surface area (Å²) in [5.74, 6) is -2.09. The Hall–Kier alpha value is -3.36. The number of pyridine rings is 1. The number of Topliss-reactive ketones (excluding diaryl/α,β-unsaturated/α-hetero) is 1. The van der Waals surface area contributed by atoms with Gasteiger partial charge in [0.15, 0.2) is 0 Å². The van der Waals surface area contributed by atoms with Crippen molar-refractivity contribution in [2.24, 2.45) is 11.8 Å². The molecule has 0 unspecified atom stereocenters. The first-order valence-electron chi connectivity index (χ1n) is 12.9. The molecule has 4 rings (SSSR count). The molecule has 8 heteroatoms. The molecule has 0 spiro atoms. The van der Waals surface area contributed by atoms with Crippen molar-refractivity contribution in [3.8, 4) is 11.3 Å². The summed E-state index contributed by atoms with van der Waals surface area (Å²) in [7, 11) is -3.88. The molecule has 1 aliphatic rings. The van der Waals surface area contributed by atoms with Crippen molar-refractivity contribution in [2.75, 3.05) is 19.7 Å². The van der Waals surface area contributed by atoms with E-state index in [4.69, 9.17) is 4.74 Å². The maximum absolute atomic E-state index is 13.8. The van der Waals surface area contributed by atoms with E-state index >= 15 is 0 Å². The van der Waals surface area contributed by atoms with Crippen molar-refractivity contribution in [1.82, 2.24) is 9.29 Å². The zero-order chi connectivity index (χ0) is 27.4. The van der Waals surface area contributed by atoms with Crippen molar-refractivity contribution in [1.29, 1.82) is 0 Å². The summed E-state index contributed by atoms with van der Waals surface area (Å²) in [6, 6.07) is 18.3. The Bertz CT molecular complexity index is 1400. The number of nitrogens with zero attached hydrogens (tertiary/aromatic N) is 2. The predicted octanol–water partition coefficient (Wildman–Crippen LogP) is 4.93. The zero-order valence-corrected chi connectivity index (χ0v) is 23.1. The van der Waals surface area contributed by atoms with Crippen molar-refractivity contribution in [2.45, 2.75) is 44.9 Å². The van der Waals surface area contributed by atoms with E-state index in [0.29, 0.717) is 0 Å². The number of esters is 1. The molecule has 2 heterocycles. The molecule has 38 heavy (non-hydrogen) atoms. The molecule has 0 aliphatic carbocycles. The first-order chi connectivity index (χ1) is 18.1. The van der Waals surface area contributed by atoms with Crippen LogP contribution in [0.2, 0.25) is 0 Å². The van der Waals surface area contributed by atoms with E-state index in [1.807, 2.05) is 50.2 Å². The quantitative estimate of drug-likeness (QED) is 0.381. The van der Waals surface area contributed by atoms with E-state index in [2.05, 4.69) is 4.98 Å². The van der Waals surface area contributed by atoms with Crippen LogP contribution in [0.1, 0.15) is 42.9 Å². The number of aromatic nitrogens is 1. The number of aryl methyl sites for hydroxylation is 2. The van der Waals surface area contributed by atoms with Crippen LogP contribution in [0, 0.1) is 25.7 Å². The average Bonchev–Trinajstić information content (AvgIpc) is 2.89. The second-order valence-electron chi connectivity index (χ2n) is 9.95. The minimum atomic E-state index is -3.88. The highest BCUT2D eigenvalue weighted by Crippen LogP contribution is 2.43. The molecule has 200 valence electrons. The minimum Gasteiger partial charge on any atom is -0.466 e. The van der Waals surface area contributed by atoms with Gasteiger partial charge in [-0.1, -0.05) is 41.5 Å². The number of ether oxygens (including phenoxy) is 1. The number of ketones is 1. The number of benzene rings is 2. The van der Waals surface area contributed by atoms with Gasteiger partial charge in [-0.2, -0.15) is 4.31 Å². The molecule has 0 radical (unpaired) electrons. The van der Waals surface area contributed by atoms with Crippen molar-refractivity contribution in [3.63, 3.8) is 0 Å². The lowest BCUT2D eigenvalue weighted by molar-refractivity contribution is -0.145. The predicted molar refractivity (Wildman–Crippen MR) is 146 cm³/mol. The Kier molecular flexibility index (Phi) is 8.43. The number of piperidine rings is 1. The van der Waals surface area contributed by atoms with E-state index < -0.39 is 33.7 Å². The van der Waals surface area contributed by atoms with Gasteiger partial charge in [-0.05, 0) is 69.5 Å². The first-order valence-corrected chi connectivity index (χ1v) is 14.3. The van der Waals surface area contributed by atoms with E-state index in [1.165, 1.54) is 11.2 Å². The lowest BCUT2D eigenvalue weighted by Gasteiger charge is -2.42. The molecule has 0 N–H and O–H groups in total. The molecule has 0 bridgehead atoms. The summed E-state index contributed by atoms with van der Waals surface area (Å²) in [6.45, 7) is 7.52. The lowest BCUT2D eigenvalue weighted by atomic mass is 9.70. The first kappa shape index (κ1) is 27.7. The van der Waals surface area contributed by atoms with E-state index in [1.54, 1.807) is 37.4 Å². The Morgan fingerprint density at radius 2 is 1.71 bits per heavy atom. The number of carbonyl (C=O) groups excluding carboxylic acids is 2. The Morgan fingerprint density at radius 3 is 2.34 bits per heavy atom. The highest BCUT2D eigenvalue weighted by atomic mass is 32.2. The molecule has 3 atom stereocenters. The van der Waals surface area contributed by atoms with Crippen LogP contribution >= 0.6 is 0 Å². The fraction of sp³-hybridized carbons (Fsp3) is 0.367. The molecule has 3 aromatic rings. The van der Waals surface area contributed by atoms with Gasteiger partial charge in [0.2, 0.25) is 10.0 Å². The summed E-state index contributed by atoms with van der Waals surface area (Å²) < 4.78 is 34.3. The van der Waals surface area contributed by atoms with Crippen LogP contribution < -0.4 is 0 Å². The summed E-state index contributed by atoms with van der Waals surface area (Å²) >= 11 is 0. The summed E-state index contributed by atoms with van der Waals surface area (Å²) in [5.41, 5.74) is 4.42. The van der Waals surface area contributed by atoms with Gasteiger partial charge in [0.1, 0.15) is 5.78 Å². The van der Waals surface area contributed by atoms with Crippen LogP contribution in [-0.4, -0.2) is 49.2 Å². The lowest BCUT2D eigenvalue weighted by Crippen LogP contribution is -2.50. The van der Waals surface area contributed by atoms with Crippen LogP contribution in [0.4, 0.5) is 0 Å². The van der Waals surface area contributed by atoms with E-state index in [-0.39, 0.29) is 36.8 Å². The van der Waals surface area contributed by atoms with Crippen molar-refractivity contribution < 1.29 is 22.7 Å². The molecule has 2 aromatic carbocycles. The van der Waals surface area contributed by atoms with Gasteiger partial charge >= 0.3 is 5.97 Å². The molecule has 7 nitrogen and oxygen atoms in total. The molecule has 1 aliphatic heterocycles. The van der Waals surface area contributed by atoms with Crippen LogP contribution in [0.5, 0.6) is 0 Å². The average molecular weight is 535 g/mol. The Balaban J connectivity index is 1.85. The molecular weight excluding hydrogens is 500 g/mol. The summed E-state index contributed by atoms with van der Waals surface area (Å²) in [6.07, 6.45) is 1.67. The highest BCUT2D eigenvalue weighted by Gasteiger charge is 2.45. The van der Waals surface area contributed by atoms with Gasteiger partial charge in [0, 0.05) is 36.7 Å². The van der Waals surface area contributed by atoms with Crippen LogP contribution in [0.3, 0.4) is 0 Å². The normalized spacial score (nSPS) is 20.2. The fourth-order valence-corrected chi connectivity index (χ4v) is 6.96. The third-order valence-electron chi connectivity index (χ3n) is 7.19. The standard InChI is InChI=1S/C30H34N2O5S/c1-5-37-29(34)17-23-18-32(38(35,36)24-12-9-20(2)10-13-24)19-27(30(23)22(4)33)25-14-11-21(3)16-26(25)28-8-6-7-15-31-28/h6-16,23,27,30H,5,17-19H2,1-4H3/t23-,27+,30-/m0/s1. The molecule has 1 fully saturated rings. The number of sulfonamides is 1. The van der Waals surface area contributed by atoms with Gasteiger partial charge in [0.05, 0.1) is 23.6 Å². The van der Waals surface area contributed by atoms with Crippen molar-refractivity contribution in [3.05, 3.63) is 83.6 Å². The van der Waals surface area contributed by atoms with Gasteiger partial charge in [0.25, 0.3) is 0 Å². The van der Waals surface area contributed by atoms with Gasteiger partial charge in [-0.15, -0.1) is 0 Å². The topological polar surface area (TPSA) is 93.6 Å². The maximum Gasteiger partial charge on any atom is 0.306 e. The molecule has 1 aromatic heterocycles. The van der Waals surface area contributed by atoms with E-state index in [9.17, 15) is 18.0 Å².